The van der Waals surface area contributed by atoms with Crippen LogP contribution in [0.2, 0.25) is 0 Å². The van der Waals surface area contributed by atoms with Gasteiger partial charge in [-0.3, -0.25) is 0 Å². The molecule has 0 rings (SSSR count). The first-order valence-electron chi connectivity index (χ1n) is 3.13. The van der Waals surface area contributed by atoms with E-state index >= 15 is 0 Å². The molecule has 0 fully saturated rings. The van der Waals surface area contributed by atoms with Crippen LogP contribution in [0.3, 0.4) is 0 Å². The molecule has 4 unspecified atom stereocenters. The summed E-state index contributed by atoms with van der Waals surface area (Å²) in [5, 5.41) is 0. The van der Waals surface area contributed by atoms with E-state index in [4.69, 9.17) is 0 Å². The number of rotatable bonds is 3. The SMILES string of the molecule is PCCCP.PCCP. The summed E-state index contributed by atoms with van der Waals surface area (Å²) in [6, 6.07) is 0. The lowest BCUT2D eigenvalue weighted by Crippen LogP contribution is -1.69. The van der Waals surface area contributed by atoms with E-state index in [0.717, 1.165) is 0 Å². The Morgan fingerprint density at radius 3 is 0.889 bits per heavy atom. The summed E-state index contributed by atoms with van der Waals surface area (Å²) in [7, 11) is 10.6. The van der Waals surface area contributed by atoms with Crippen molar-refractivity contribution < 1.29 is 0 Å². The lowest BCUT2D eigenvalue weighted by Gasteiger charge is -1.79. The molecule has 0 radical (unpaired) electrons. The predicted molar refractivity (Wildman–Crippen MR) is 62.9 cm³/mol. The zero-order chi connectivity index (χ0) is 7.54. The first-order valence-corrected chi connectivity index (χ1v) is 6.40. The molecule has 0 aliphatic carbocycles. The van der Waals surface area contributed by atoms with Crippen LogP contribution in [0.4, 0.5) is 0 Å². The topological polar surface area (TPSA) is 0 Å². The molecule has 0 aromatic rings. The maximum absolute atomic E-state index is 2.69. The fourth-order valence-corrected chi connectivity index (χ4v) is 1.06. The highest BCUT2D eigenvalue weighted by atomic mass is 31.0. The fourth-order valence-electron chi connectivity index (χ4n) is 0.118. The molecule has 0 aromatic carbocycles. The van der Waals surface area contributed by atoms with Gasteiger partial charge in [-0.05, 0) is 31.1 Å². The van der Waals surface area contributed by atoms with Crippen molar-refractivity contribution in [3.05, 3.63) is 0 Å². The van der Waals surface area contributed by atoms with E-state index in [1.807, 2.05) is 0 Å². The lowest BCUT2D eigenvalue weighted by molar-refractivity contribution is 1.13. The van der Waals surface area contributed by atoms with Crippen LogP contribution in [-0.4, -0.2) is 24.6 Å². The Hall–Kier alpha value is 1.72. The van der Waals surface area contributed by atoms with Gasteiger partial charge in [0.2, 0.25) is 0 Å². The summed E-state index contributed by atoms with van der Waals surface area (Å²) in [4.78, 5) is 0. The number of hydrogen-bond acceptors (Lipinski definition) is 0. The number of hydrogen-bond donors (Lipinski definition) is 0. The van der Waals surface area contributed by atoms with Crippen molar-refractivity contribution in [2.75, 3.05) is 24.6 Å². The van der Waals surface area contributed by atoms with Crippen molar-refractivity contribution in [2.24, 2.45) is 0 Å². The van der Waals surface area contributed by atoms with Crippen molar-refractivity contribution in [2.45, 2.75) is 6.42 Å². The highest BCUT2D eigenvalue weighted by molar-refractivity contribution is 7.21. The van der Waals surface area contributed by atoms with Crippen LogP contribution in [0, 0.1) is 0 Å². The van der Waals surface area contributed by atoms with Gasteiger partial charge in [0.1, 0.15) is 0 Å². The van der Waals surface area contributed by atoms with Crippen LogP contribution >= 0.6 is 37.0 Å². The predicted octanol–water partition coefficient (Wildman–Crippen LogP) is 1.86. The second-order valence-corrected chi connectivity index (χ2v) is 3.82. The molecular weight excluding hydrogens is 184 g/mol. The average molecular weight is 202 g/mol. The minimum atomic E-state index is 1.20. The van der Waals surface area contributed by atoms with E-state index in [9.17, 15) is 0 Å². The summed E-state index contributed by atoms with van der Waals surface area (Å²) in [6.07, 6.45) is 6.19. The van der Waals surface area contributed by atoms with Gasteiger partial charge < -0.3 is 0 Å². The third-order valence-electron chi connectivity index (χ3n) is 0.575. The molecule has 4 atom stereocenters. The monoisotopic (exact) mass is 202 g/mol. The van der Waals surface area contributed by atoms with Gasteiger partial charge in [0.05, 0.1) is 0 Å². The normalized spacial score (nSPS) is 8.00. The van der Waals surface area contributed by atoms with Gasteiger partial charge in [-0.15, -0.1) is 37.0 Å². The zero-order valence-corrected chi connectivity index (χ0v) is 10.5. The van der Waals surface area contributed by atoms with Gasteiger partial charge >= 0.3 is 0 Å². The molecule has 0 spiro atoms. The van der Waals surface area contributed by atoms with Crippen molar-refractivity contribution in [1.82, 2.24) is 0 Å². The van der Waals surface area contributed by atoms with E-state index in [2.05, 4.69) is 37.0 Å². The highest BCUT2D eigenvalue weighted by Gasteiger charge is 1.68. The average Bonchev–Trinajstić information content (AvgIpc) is 1.91. The molecule has 9 heavy (non-hydrogen) atoms. The fraction of sp³-hybridized carbons (Fsp3) is 1.00. The standard InChI is InChI=1S/C3H10P2.C2H8P2/c4-2-1-3-5;3-1-2-4/h1-5H2;1-4H2. The third-order valence-corrected chi connectivity index (χ3v) is 2.72. The van der Waals surface area contributed by atoms with Crippen LogP contribution < -0.4 is 0 Å². The van der Waals surface area contributed by atoms with Gasteiger partial charge in [-0.2, -0.15) is 0 Å². The maximum atomic E-state index is 2.69. The summed E-state index contributed by atoms with van der Waals surface area (Å²) in [5.41, 5.74) is 0. The second kappa shape index (κ2) is 16.4. The van der Waals surface area contributed by atoms with Crippen molar-refractivity contribution in [3.63, 3.8) is 0 Å². The van der Waals surface area contributed by atoms with Gasteiger partial charge in [0.15, 0.2) is 0 Å². The van der Waals surface area contributed by atoms with Crippen molar-refractivity contribution >= 4 is 37.0 Å². The second-order valence-electron chi connectivity index (χ2n) is 1.51. The van der Waals surface area contributed by atoms with Crippen LogP contribution in [0.15, 0.2) is 0 Å². The zero-order valence-electron chi connectivity index (χ0n) is 5.84. The summed E-state index contributed by atoms with van der Waals surface area (Å²) < 4.78 is 0. The van der Waals surface area contributed by atoms with E-state index in [1.54, 1.807) is 0 Å². The largest absolute Gasteiger partial charge is 0.138 e. The van der Waals surface area contributed by atoms with Crippen LogP contribution in [0.1, 0.15) is 6.42 Å². The molecule has 0 aliphatic heterocycles. The molecule has 4 heteroatoms. The van der Waals surface area contributed by atoms with Crippen LogP contribution in [-0.2, 0) is 0 Å². The third kappa shape index (κ3) is 26.0. The Balaban J connectivity index is 0. The molecule has 0 amide bonds. The molecule has 0 nitrogen and oxygen atoms in total. The first kappa shape index (κ1) is 13.3. The Bertz CT molecular complexity index is 28.1. The summed E-state index contributed by atoms with van der Waals surface area (Å²) in [6.45, 7) is 0. The molecule has 0 bridgehead atoms. The molecule has 0 saturated carbocycles. The Labute approximate surface area is 68.5 Å². The van der Waals surface area contributed by atoms with E-state index in [1.165, 1.54) is 31.1 Å². The van der Waals surface area contributed by atoms with Crippen molar-refractivity contribution in [3.8, 4) is 0 Å². The summed E-state index contributed by atoms with van der Waals surface area (Å²) in [5.74, 6) is 0. The van der Waals surface area contributed by atoms with Crippen LogP contribution in [0.25, 0.3) is 0 Å². The van der Waals surface area contributed by atoms with Gasteiger partial charge in [0, 0.05) is 0 Å². The summed E-state index contributed by atoms with van der Waals surface area (Å²) >= 11 is 0. The quantitative estimate of drug-likeness (QED) is 0.613. The Morgan fingerprint density at radius 1 is 0.556 bits per heavy atom. The van der Waals surface area contributed by atoms with Gasteiger partial charge in [-0.25, -0.2) is 0 Å². The highest BCUT2D eigenvalue weighted by Crippen LogP contribution is 1.90. The first-order chi connectivity index (χ1) is 4.33. The van der Waals surface area contributed by atoms with Gasteiger partial charge in [-0.1, -0.05) is 0 Å². The molecule has 0 aliphatic rings. The van der Waals surface area contributed by atoms with E-state index < -0.39 is 0 Å². The molecule has 58 valence electrons. The minimum absolute atomic E-state index is 1.20. The molecule has 0 N–H and O–H groups in total. The molecule has 0 saturated heterocycles. The Morgan fingerprint density at radius 2 is 0.889 bits per heavy atom. The lowest BCUT2D eigenvalue weighted by atomic mass is 10.6. The maximum Gasteiger partial charge on any atom is -0.0346 e. The minimum Gasteiger partial charge on any atom is -0.138 e. The molecule has 0 aromatic heterocycles. The van der Waals surface area contributed by atoms with Crippen molar-refractivity contribution in [1.29, 1.82) is 0 Å². The van der Waals surface area contributed by atoms with E-state index in [0.29, 0.717) is 0 Å². The molecular formula is C5H18P4. The smallest absolute Gasteiger partial charge is 0.0346 e. The van der Waals surface area contributed by atoms with Gasteiger partial charge in [0.25, 0.3) is 0 Å². The molecule has 0 heterocycles. The Kier molecular flexibility index (Phi) is 24.2. The van der Waals surface area contributed by atoms with E-state index in [-0.39, 0.29) is 0 Å². The van der Waals surface area contributed by atoms with Crippen LogP contribution in [0.5, 0.6) is 0 Å².